The summed E-state index contributed by atoms with van der Waals surface area (Å²) in [6, 6.07) is 2.23. The van der Waals surface area contributed by atoms with Crippen LogP contribution in [0.1, 0.15) is 31.0 Å². The van der Waals surface area contributed by atoms with Crippen LogP contribution in [0.15, 0.2) is 6.07 Å². The van der Waals surface area contributed by atoms with Crippen LogP contribution in [0.3, 0.4) is 0 Å². The van der Waals surface area contributed by atoms with Crippen molar-refractivity contribution in [2.75, 3.05) is 24.5 Å². The highest BCUT2D eigenvalue weighted by Gasteiger charge is 2.19. The number of rotatable bonds is 1. The van der Waals surface area contributed by atoms with Crippen molar-refractivity contribution < 1.29 is 0 Å². The average molecular weight is 232 g/mol. The first-order valence-corrected chi connectivity index (χ1v) is 6.64. The van der Waals surface area contributed by atoms with Gasteiger partial charge in [-0.1, -0.05) is 6.92 Å². The number of anilines is 1. The van der Waals surface area contributed by atoms with E-state index in [2.05, 4.69) is 33.4 Å². The number of aromatic nitrogens is 2. The van der Waals surface area contributed by atoms with Gasteiger partial charge in [0.15, 0.2) is 5.82 Å². The van der Waals surface area contributed by atoms with Gasteiger partial charge in [0.2, 0.25) is 0 Å². The molecular weight excluding hydrogens is 212 g/mol. The van der Waals surface area contributed by atoms with Gasteiger partial charge < -0.3 is 10.2 Å². The SMILES string of the molecule is C[C@@H]1CCCN(c2cc3c(nn2)CCNC3)C1. The number of hydrogen-bond donors (Lipinski definition) is 1. The van der Waals surface area contributed by atoms with Crippen molar-refractivity contribution in [2.45, 2.75) is 32.7 Å². The van der Waals surface area contributed by atoms with Crippen molar-refractivity contribution in [3.8, 4) is 0 Å². The van der Waals surface area contributed by atoms with Crippen LogP contribution < -0.4 is 10.2 Å². The molecule has 0 aromatic carbocycles. The molecule has 92 valence electrons. The lowest BCUT2D eigenvalue weighted by atomic mass is 10.00. The fourth-order valence-corrected chi connectivity index (χ4v) is 2.79. The van der Waals surface area contributed by atoms with Crippen LogP contribution in [0, 0.1) is 5.92 Å². The van der Waals surface area contributed by atoms with Crippen LogP contribution in [0.25, 0.3) is 0 Å². The minimum Gasteiger partial charge on any atom is -0.355 e. The minimum absolute atomic E-state index is 0.778. The van der Waals surface area contributed by atoms with Gasteiger partial charge in [-0.05, 0) is 30.4 Å². The predicted molar refractivity (Wildman–Crippen MR) is 68.1 cm³/mol. The summed E-state index contributed by atoms with van der Waals surface area (Å²) in [6.07, 6.45) is 3.63. The van der Waals surface area contributed by atoms with Crippen LogP contribution in [-0.4, -0.2) is 29.8 Å². The first-order chi connectivity index (χ1) is 8.33. The zero-order valence-corrected chi connectivity index (χ0v) is 10.4. The second kappa shape index (κ2) is 4.61. The van der Waals surface area contributed by atoms with Gasteiger partial charge in [-0.3, -0.25) is 0 Å². The van der Waals surface area contributed by atoms with Crippen molar-refractivity contribution in [2.24, 2.45) is 5.92 Å². The number of piperidine rings is 1. The standard InChI is InChI=1S/C13H20N4/c1-10-3-2-6-17(9-10)13-7-11-8-14-5-4-12(11)15-16-13/h7,10,14H,2-6,8-9H2,1H3/t10-/m1/s1. The Hall–Kier alpha value is -1.16. The normalized spacial score (nSPS) is 24.5. The van der Waals surface area contributed by atoms with Crippen LogP contribution in [0.5, 0.6) is 0 Å². The van der Waals surface area contributed by atoms with E-state index in [0.717, 1.165) is 44.3 Å². The fourth-order valence-electron chi connectivity index (χ4n) is 2.79. The molecule has 1 fully saturated rings. The summed E-state index contributed by atoms with van der Waals surface area (Å²) in [5.41, 5.74) is 2.51. The zero-order chi connectivity index (χ0) is 11.7. The molecule has 3 rings (SSSR count). The maximum atomic E-state index is 4.40. The van der Waals surface area contributed by atoms with E-state index >= 15 is 0 Å². The van der Waals surface area contributed by atoms with Crippen molar-refractivity contribution in [1.82, 2.24) is 15.5 Å². The van der Waals surface area contributed by atoms with Gasteiger partial charge in [0.05, 0.1) is 5.69 Å². The van der Waals surface area contributed by atoms with Crippen molar-refractivity contribution >= 4 is 5.82 Å². The molecule has 1 atom stereocenters. The maximum absolute atomic E-state index is 4.40. The van der Waals surface area contributed by atoms with E-state index in [4.69, 9.17) is 0 Å². The molecule has 0 amide bonds. The summed E-state index contributed by atoms with van der Waals surface area (Å²) < 4.78 is 0. The predicted octanol–water partition coefficient (Wildman–Crippen LogP) is 1.36. The van der Waals surface area contributed by atoms with E-state index in [9.17, 15) is 0 Å². The Morgan fingerprint density at radius 1 is 1.41 bits per heavy atom. The summed E-state index contributed by atoms with van der Waals surface area (Å²) in [6.45, 7) is 6.55. The summed E-state index contributed by atoms with van der Waals surface area (Å²) in [7, 11) is 0. The second-order valence-corrected chi connectivity index (χ2v) is 5.29. The first kappa shape index (κ1) is 11.0. The number of fused-ring (bicyclic) bond motifs is 1. The lowest BCUT2D eigenvalue weighted by molar-refractivity contribution is 0.443. The van der Waals surface area contributed by atoms with E-state index in [0.29, 0.717) is 0 Å². The lowest BCUT2D eigenvalue weighted by Gasteiger charge is -2.32. The molecule has 2 aliphatic rings. The molecule has 1 N–H and O–H groups in total. The highest BCUT2D eigenvalue weighted by molar-refractivity contribution is 5.42. The lowest BCUT2D eigenvalue weighted by Crippen LogP contribution is -2.35. The molecule has 0 unspecified atom stereocenters. The third-order valence-corrected chi connectivity index (χ3v) is 3.78. The highest BCUT2D eigenvalue weighted by Crippen LogP contribution is 2.23. The van der Waals surface area contributed by atoms with Crippen LogP contribution in [0.4, 0.5) is 5.82 Å². The smallest absolute Gasteiger partial charge is 0.151 e. The maximum Gasteiger partial charge on any atom is 0.151 e. The van der Waals surface area contributed by atoms with Crippen molar-refractivity contribution in [1.29, 1.82) is 0 Å². The van der Waals surface area contributed by atoms with E-state index in [1.807, 2.05) is 0 Å². The van der Waals surface area contributed by atoms with Crippen molar-refractivity contribution in [3.63, 3.8) is 0 Å². The van der Waals surface area contributed by atoms with Crippen LogP contribution >= 0.6 is 0 Å². The minimum atomic E-state index is 0.778. The van der Waals surface area contributed by atoms with Crippen molar-refractivity contribution in [3.05, 3.63) is 17.3 Å². The molecule has 1 aromatic rings. The van der Waals surface area contributed by atoms with Gasteiger partial charge in [-0.2, -0.15) is 5.10 Å². The second-order valence-electron chi connectivity index (χ2n) is 5.29. The summed E-state index contributed by atoms with van der Waals surface area (Å²) in [5, 5.41) is 12.2. The molecule has 0 aliphatic carbocycles. The van der Waals surface area contributed by atoms with E-state index in [1.165, 1.54) is 24.1 Å². The Labute approximate surface area is 102 Å². The Morgan fingerprint density at radius 3 is 3.24 bits per heavy atom. The molecule has 4 heteroatoms. The van der Waals surface area contributed by atoms with Gasteiger partial charge >= 0.3 is 0 Å². The molecule has 3 heterocycles. The Kier molecular flexibility index (Phi) is 2.97. The Balaban J connectivity index is 1.83. The molecule has 1 saturated heterocycles. The highest BCUT2D eigenvalue weighted by atomic mass is 15.3. The Morgan fingerprint density at radius 2 is 2.35 bits per heavy atom. The van der Waals surface area contributed by atoms with Gasteiger partial charge in [-0.25, -0.2) is 0 Å². The van der Waals surface area contributed by atoms with E-state index < -0.39 is 0 Å². The molecule has 17 heavy (non-hydrogen) atoms. The number of hydrogen-bond acceptors (Lipinski definition) is 4. The quantitative estimate of drug-likeness (QED) is 0.794. The van der Waals surface area contributed by atoms with E-state index in [1.54, 1.807) is 0 Å². The number of nitrogens with one attached hydrogen (secondary N) is 1. The summed E-state index contributed by atoms with van der Waals surface area (Å²) in [4.78, 5) is 2.38. The largest absolute Gasteiger partial charge is 0.355 e. The Bertz CT molecular complexity index is 404. The molecule has 1 aromatic heterocycles. The van der Waals surface area contributed by atoms with Gasteiger partial charge in [0, 0.05) is 32.6 Å². The van der Waals surface area contributed by atoms with Crippen LogP contribution in [0.2, 0.25) is 0 Å². The first-order valence-electron chi connectivity index (χ1n) is 6.64. The molecule has 0 radical (unpaired) electrons. The molecule has 4 nitrogen and oxygen atoms in total. The molecule has 0 spiro atoms. The fraction of sp³-hybridized carbons (Fsp3) is 0.692. The average Bonchev–Trinajstić information content (AvgIpc) is 2.38. The van der Waals surface area contributed by atoms with Gasteiger partial charge in [0.25, 0.3) is 0 Å². The zero-order valence-electron chi connectivity index (χ0n) is 10.4. The van der Waals surface area contributed by atoms with Gasteiger partial charge in [-0.15, -0.1) is 5.10 Å². The van der Waals surface area contributed by atoms with Gasteiger partial charge in [0.1, 0.15) is 0 Å². The summed E-state index contributed by atoms with van der Waals surface area (Å²) >= 11 is 0. The molecular formula is C13H20N4. The third-order valence-electron chi connectivity index (χ3n) is 3.78. The molecule has 2 aliphatic heterocycles. The molecule has 0 bridgehead atoms. The molecule has 0 saturated carbocycles. The monoisotopic (exact) mass is 232 g/mol. The van der Waals surface area contributed by atoms with Crippen LogP contribution in [-0.2, 0) is 13.0 Å². The number of nitrogens with zero attached hydrogens (tertiary/aromatic N) is 3. The topological polar surface area (TPSA) is 41.1 Å². The van der Waals surface area contributed by atoms with E-state index in [-0.39, 0.29) is 0 Å². The summed E-state index contributed by atoms with van der Waals surface area (Å²) in [5.74, 6) is 1.85. The third kappa shape index (κ3) is 2.27.